The fourth-order valence-corrected chi connectivity index (χ4v) is 3.54. The van der Waals surface area contributed by atoms with Crippen LogP contribution in [0.5, 0.6) is 0 Å². The van der Waals surface area contributed by atoms with E-state index >= 15 is 0 Å². The summed E-state index contributed by atoms with van der Waals surface area (Å²) in [5, 5.41) is 3.95. The summed E-state index contributed by atoms with van der Waals surface area (Å²) in [5.41, 5.74) is 0. The van der Waals surface area contributed by atoms with E-state index in [4.69, 9.17) is 16.3 Å². The molecule has 0 radical (unpaired) electrons. The van der Waals surface area contributed by atoms with Crippen LogP contribution in [0.4, 0.5) is 5.82 Å². The van der Waals surface area contributed by atoms with Gasteiger partial charge in [0.25, 0.3) is 0 Å². The van der Waals surface area contributed by atoms with Crippen molar-refractivity contribution in [3.63, 3.8) is 0 Å². The molecule has 2 fully saturated rings. The van der Waals surface area contributed by atoms with Crippen LogP contribution in [-0.4, -0.2) is 48.3 Å². The molecule has 19 heavy (non-hydrogen) atoms. The number of pyridine rings is 1. The minimum absolute atomic E-state index is 0.235. The summed E-state index contributed by atoms with van der Waals surface area (Å²) in [5.74, 6) is 0.816. The van der Waals surface area contributed by atoms with E-state index in [1.165, 1.54) is 19.4 Å². The molecule has 0 spiro atoms. The normalized spacial score (nSPS) is 27.3. The average molecular weight is 347 g/mol. The lowest BCUT2D eigenvalue weighted by Crippen LogP contribution is -2.48. The summed E-state index contributed by atoms with van der Waals surface area (Å²) in [6, 6.07) is 2.49. The zero-order chi connectivity index (χ0) is 13.2. The summed E-state index contributed by atoms with van der Waals surface area (Å²) >= 11 is 9.33. The Labute approximate surface area is 126 Å². The molecular formula is C13H17BrClN3O. The Balaban J connectivity index is 1.54. The highest BCUT2D eigenvalue weighted by atomic mass is 79.9. The van der Waals surface area contributed by atoms with Gasteiger partial charge in [-0.3, -0.25) is 4.90 Å². The van der Waals surface area contributed by atoms with Crippen LogP contribution in [0, 0.1) is 0 Å². The zero-order valence-corrected chi connectivity index (χ0v) is 13.0. The van der Waals surface area contributed by atoms with Crippen molar-refractivity contribution in [2.24, 2.45) is 0 Å². The lowest BCUT2D eigenvalue weighted by molar-refractivity contribution is -0.0416. The molecular weight excluding hydrogens is 330 g/mol. The Morgan fingerprint density at radius 1 is 1.58 bits per heavy atom. The number of rotatable bonds is 3. The van der Waals surface area contributed by atoms with Crippen LogP contribution < -0.4 is 5.32 Å². The average Bonchev–Trinajstić information content (AvgIpc) is 2.85. The number of hydrogen-bond acceptors (Lipinski definition) is 4. The summed E-state index contributed by atoms with van der Waals surface area (Å²) in [6.07, 6.45) is 4.47. The first-order valence-electron chi connectivity index (χ1n) is 6.63. The van der Waals surface area contributed by atoms with E-state index in [1.54, 1.807) is 6.20 Å². The molecule has 3 rings (SSSR count). The zero-order valence-electron chi connectivity index (χ0n) is 10.6. The first-order valence-corrected chi connectivity index (χ1v) is 7.80. The lowest BCUT2D eigenvalue weighted by Gasteiger charge is -2.35. The number of ether oxygens (including phenoxy) is 1. The summed E-state index contributed by atoms with van der Waals surface area (Å²) in [7, 11) is 0. The van der Waals surface area contributed by atoms with Gasteiger partial charge in [0.15, 0.2) is 0 Å². The molecule has 2 aliphatic heterocycles. The number of hydrogen-bond donors (Lipinski definition) is 1. The van der Waals surface area contributed by atoms with Gasteiger partial charge < -0.3 is 10.1 Å². The molecule has 2 unspecified atom stereocenters. The third-order valence-corrected chi connectivity index (χ3v) is 4.58. The maximum Gasteiger partial charge on any atom is 0.140 e. The van der Waals surface area contributed by atoms with Gasteiger partial charge in [0.05, 0.1) is 22.2 Å². The van der Waals surface area contributed by atoms with Gasteiger partial charge in [-0.1, -0.05) is 11.6 Å². The standard InChI is InChI=1S/C13H17BrClN3O/c14-12-4-9(15)5-16-13(12)17-6-11-7-18-3-1-2-10(18)8-19-11/h4-5,10-11H,1-3,6-8H2,(H,16,17). The quantitative estimate of drug-likeness (QED) is 0.913. The van der Waals surface area contributed by atoms with Gasteiger partial charge in [-0.25, -0.2) is 4.98 Å². The molecule has 4 nitrogen and oxygen atoms in total. The van der Waals surface area contributed by atoms with Crippen molar-refractivity contribution in [2.45, 2.75) is 25.0 Å². The van der Waals surface area contributed by atoms with Gasteiger partial charge in [0.2, 0.25) is 0 Å². The van der Waals surface area contributed by atoms with Crippen molar-refractivity contribution in [2.75, 3.05) is 31.6 Å². The number of aromatic nitrogens is 1. The van der Waals surface area contributed by atoms with Gasteiger partial charge >= 0.3 is 0 Å². The number of halogens is 2. The van der Waals surface area contributed by atoms with Gasteiger partial charge in [-0.2, -0.15) is 0 Å². The monoisotopic (exact) mass is 345 g/mol. The Morgan fingerprint density at radius 2 is 2.47 bits per heavy atom. The third-order valence-electron chi connectivity index (χ3n) is 3.77. The number of morpholine rings is 1. The topological polar surface area (TPSA) is 37.4 Å². The second-order valence-electron chi connectivity index (χ2n) is 5.11. The number of nitrogens with one attached hydrogen (secondary N) is 1. The van der Waals surface area contributed by atoms with E-state index in [1.807, 2.05) is 6.07 Å². The third kappa shape index (κ3) is 3.21. The van der Waals surface area contributed by atoms with E-state index in [0.717, 1.165) is 30.0 Å². The molecule has 3 heterocycles. The van der Waals surface area contributed by atoms with Crippen LogP contribution in [0.25, 0.3) is 0 Å². The molecule has 2 aliphatic rings. The molecule has 104 valence electrons. The van der Waals surface area contributed by atoms with Crippen LogP contribution in [0.2, 0.25) is 5.02 Å². The van der Waals surface area contributed by atoms with Crippen LogP contribution >= 0.6 is 27.5 Å². The minimum Gasteiger partial charge on any atom is -0.373 e. The first kappa shape index (κ1) is 13.6. The predicted molar refractivity (Wildman–Crippen MR) is 79.8 cm³/mol. The molecule has 2 atom stereocenters. The molecule has 2 saturated heterocycles. The van der Waals surface area contributed by atoms with Gasteiger partial charge in [0.1, 0.15) is 5.82 Å². The highest BCUT2D eigenvalue weighted by Gasteiger charge is 2.32. The molecule has 1 aromatic rings. The van der Waals surface area contributed by atoms with Crippen LogP contribution in [0.3, 0.4) is 0 Å². The Hall–Kier alpha value is -0.360. The fraction of sp³-hybridized carbons (Fsp3) is 0.615. The second kappa shape index (κ2) is 5.95. The first-order chi connectivity index (χ1) is 9.22. The van der Waals surface area contributed by atoms with Crippen LogP contribution in [0.15, 0.2) is 16.7 Å². The van der Waals surface area contributed by atoms with Gasteiger partial charge in [0, 0.05) is 25.3 Å². The van der Waals surface area contributed by atoms with E-state index in [0.29, 0.717) is 11.1 Å². The molecule has 6 heteroatoms. The molecule has 0 saturated carbocycles. The highest BCUT2D eigenvalue weighted by molar-refractivity contribution is 9.10. The van der Waals surface area contributed by atoms with Crippen molar-refractivity contribution in [3.05, 3.63) is 21.8 Å². The largest absolute Gasteiger partial charge is 0.373 e. The Bertz CT molecular complexity index is 460. The molecule has 0 aromatic carbocycles. The molecule has 1 aromatic heterocycles. The summed E-state index contributed by atoms with van der Waals surface area (Å²) < 4.78 is 6.79. The molecule has 0 bridgehead atoms. The van der Waals surface area contributed by atoms with E-state index < -0.39 is 0 Å². The molecule has 1 N–H and O–H groups in total. The maximum absolute atomic E-state index is 5.90. The minimum atomic E-state index is 0.235. The van der Waals surface area contributed by atoms with Crippen molar-refractivity contribution in [3.8, 4) is 0 Å². The second-order valence-corrected chi connectivity index (χ2v) is 6.40. The van der Waals surface area contributed by atoms with Gasteiger partial charge in [-0.15, -0.1) is 0 Å². The number of nitrogens with zero attached hydrogens (tertiary/aromatic N) is 2. The van der Waals surface area contributed by atoms with E-state index in [9.17, 15) is 0 Å². The van der Waals surface area contributed by atoms with Crippen molar-refractivity contribution in [1.29, 1.82) is 0 Å². The molecule has 0 amide bonds. The van der Waals surface area contributed by atoms with Crippen LogP contribution in [0.1, 0.15) is 12.8 Å². The number of fused-ring (bicyclic) bond motifs is 1. The van der Waals surface area contributed by atoms with E-state index in [2.05, 4.69) is 31.1 Å². The fourth-order valence-electron chi connectivity index (χ4n) is 2.76. The maximum atomic E-state index is 5.90. The summed E-state index contributed by atoms with van der Waals surface area (Å²) in [6.45, 7) is 3.87. The lowest BCUT2D eigenvalue weighted by atomic mass is 10.2. The summed E-state index contributed by atoms with van der Waals surface area (Å²) in [4.78, 5) is 6.81. The SMILES string of the molecule is Clc1cnc(NCC2CN3CCCC3CO2)c(Br)c1. The smallest absolute Gasteiger partial charge is 0.140 e. The highest BCUT2D eigenvalue weighted by Crippen LogP contribution is 2.25. The Kier molecular flexibility index (Phi) is 4.27. The number of anilines is 1. The Morgan fingerprint density at radius 3 is 3.32 bits per heavy atom. The molecule has 0 aliphatic carbocycles. The van der Waals surface area contributed by atoms with Crippen LogP contribution in [-0.2, 0) is 4.74 Å². The van der Waals surface area contributed by atoms with Crippen molar-refractivity contribution in [1.82, 2.24) is 9.88 Å². The predicted octanol–water partition coefficient (Wildman–Crippen LogP) is 2.77. The van der Waals surface area contributed by atoms with E-state index in [-0.39, 0.29) is 6.10 Å². The van der Waals surface area contributed by atoms with Gasteiger partial charge in [-0.05, 0) is 41.4 Å². The van der Waals surface area contributed by atoms with Crippen molar-refractivity contribution < 1.29 is 4.74 Å². The van der Waals surface area contributed by atoms with Crippen molar-refractivity contribution >= 4 is 33.3 Å².